The SMILES string of the molecule is CCN([C@@H]1CCS(=O)(=O)C1)S(=O)(=O)c1ccc(C(C)C)cc1. The van der Waals surface area contributed by atoms with Crippen LogP contribution in [-0.2, 0) is 19.9 Å². The Kier molecular flexibility index (Phi) is 4.99. The molecule has 1 aromatic carbocycles. The van der Waals surface area contributed by atoms with Crippen LogP contribution in [0, 0.1) is 0 Å². The number of nitrogens with zero attached hydrogens (tertiary/aromatic N) is 1. The minimum absolute atomic E-state index is 0.0655. The van der Waals surface area contributed by atoms with Crippen LogP contribution in [0.4, 0.5) is 0 Å². The van der Waals surface area contributed by atoms with Crippen LogP contribution in [0.3, 0.4) is 0 Å². The van der Waals surface area contributed by atoms with Gasteiger partial charge in [-0.05, 0) is 30.0 Å². The van der Waals surface area contributed by atoms with E-state index in [-0.39, 0.29) is 22.9 Å². The first-order valence-electron chi connectivity index (χ1n) is 7.49. The quantitative estimate of drug-likeness (QED) is 0.818. The van der Waals surface area contributed by atoms with Crippen LogP contribution in [0.5, 0.6) is 0 Å². The van der Waals surface area contributed by atoms with E-state index in [1.165, 1.54) is 4.31 Å². The summed E-state index contributed by atoms with van der Waals surface area (Å²) in [5.41, 5.74) is 1.07. The molecule has 0 N–H and O–H groups in total. The van der Waals surface area contributed by atoms with Gasteiger partial charge in [0.05, 0.1) is 16.4 Å². The van der Waals surface area contributed by atoms with E-state index in [1.807, 2.05) is 26.0 Å². The largest absolute Gasteiger partial charge is 0.243 e. The zero-order valence-electron chi connectivity index (χ0n) is 13.2. The van der Waals surface area contributed by atoms with Crippen LogP contribution in [0.2, 0.25) is 0 Å². The highest BCUT2D eigenvalue weighted by atomic mass is 32.2. The van der Waals surface area contributed by atoms with Crippen molar-refractivity contribution in [3.05, 3.63) is 29.8 Å². The lowest BCUT2D eigenvalue weighted by atomic mass is 10.0. The second-order valence-corrected chi connectivity index (χ2v) is 10.1. The number of benzene rings is 1. The van der Waals surface area contributed by atoms with Crippen LogP contribution < -0.4 is 0 Å². The molecule has 1 aliphatic heterocycles. The number of sulfone groups is 1. The van der Waals surface area contributed by atoms with E-state index in [2.05, 4.69) is 0 Å². The van der Waals surface area contributed by atoms with Gasteiger partial charge in [-0.2, -0.15) is 4.31 Å². The number of rotatable bonds is 5. The van der Waals surface area contributed by atoms with Crippen LogP contribution in [-0.4, -0.2) is 45.2 Å². The molecule has 0 radical (unpaired) electrons. The lowest BCUT2D eigenvalue weighted by molar-refractivity contribution is 0.354. The summed E-state index contributed by atoms with van der Waals surface area (Å²) in [7, 11) is -6.78. The molecule has 0 amide bonds. The normalized spacial score (nSPS) is 21.6. The summed E-state index contributed by atoms with van der Waals surface area (Å²) in [5, 5.41) is 0. The molecule has 0 aliphatic carbocycles. The fraction of sp³-hybridized carbons (Fsp3) is 0.600. The molecule has 22 heavy (non-hydrogen) atoms. The molecule has 0 spiro atoms. The summed E-state index contributed by atoms with van der Waals surface area (Å²) in [4.78, 5) is 0.225. The summed E-state index contributed by atoms with van der Waals surface area (Å²) in [5.74, 6) is 0.319. The summed E-state index contributed by atoms with van der Waals surface area (Å²) in [6, 6.07) is 6.39. The van der Waals surface area contributed by atoms with Crippen molar-refractivity contribution in [2.24, 2.45) is 0 Å². The van der Waals surface area contributed by atoms with Crippen molar-refractivity contribution in [2.45, 2.75) is 44.0 Å². The van der Waals surface area contributed by atoms with Gasteiger partial charge in [0.25, 0.3) is 0 Å². The molecule has 1 heterocycles. The summed E-state index contributed by atoms with van der Waals surface area (Å²) < 4.78 is 50.1. The van der Waals surface area contributed by atoms with Gasteiger partial charge >= 0.3 is 0 Å². The Hall–Kier alpha value is -0.920. The fourth-order valence-corrected chi connectivity index (χ4v) is 6.28. The molecule has 2 rings (SSSR count). The number of hydrogen-bond acceptors (Lipinski definition) is 4. The Balaban J connectivity index is 2.31. The van der Waals surface area contributed by atoms with E-state index < -0.39 is 25.9 Å². The average molecular weight is 345 g/mol. The summed E-state index contributed by atoms with van der Waals surface area (Å²) >= 11 is 0. The lowest BCUT2D eigenvalue weighted by Crippen LogP contribution is -2.40. The Morgan fingerprint density at radius 2 is 1.82 bits per heavy atom. The first kappa shape index (κ1) is 17.4. The second kappa shape index (κ2) is 6.29. The predicted molar refractivity (Wildman–Crippen MR) is 87.2 cm³/mol. The summed E-state index contributed by atoms with van der Waals surface area (Å²) in [6.07, 6.45) is 0.374. The molecule has 124 valence electrons. The van der Waals surface area contributed by atoms with Crippen molar-refractivity contribution >= 4 is 19.9 Å². The highest BCUT2D eigenvalue weighted by Crippen LogP contribution is 2.26. The van der Waals surface area contributed by atoms with Gasteiger partial charge in [0.2, 0.25) is 10.0 Å². The van der Waals surface area contributed by atoms with Crippen LogP contribution >= 0.6 is 0 Å². The van der Waals surface area contributed by atoms with Gasteiger partial charge in [-0.3, -0.25) is 0 Å². The molecular weight excluding hydrogens is 322 g/mol. The molecule has 1 aromatic rings. The van der Waals surface area contributed by atoms with Crippen LogP contribution in [0.1, 0.15) is 38.7 Å². The summed E-state index contributed by atoms with van der Waals surface area (Å²) in [6.45, 7) is 6.11. The third-order valence-electron chi connectivity index (χ3n) is 4.08. The topological polar surface area (TPSA) is 71.5 Å². The van der Waals surface area contributed by atoms with E-state index >= 15 is 0 Å². The third-order valence-corrected chi connectivity index (χ3v) is 7.87. The molecule has 0 saturated carbocycles. The van der Waals surface area contributed by atoms with Crippen molar-refractivity contribution in [1.29, 1.82) is 0 Å². The van der Waals surface area contributed by atoms with E-state index in [9.17, 15) is 16.8 Å². The molecule has 1 saturated heterocycles. The van der Waals surface area contributed by atoms with Gasteiger partial charge in [0.1, 0.15) is 0 Å². The van der Waals surface area contributed by atoms with E-state index in [1.54, 1.807) is 19.1 Å². The highest BCUT2D eigenvalue weighted by molar-refractivity contribution is 7.92. The van der Waals surface area contributed by atoms with E-state index in [0.717, 1.165) is 5.56 Å². The van der Waals surface area contributed by atoms with Crippen molar-refractivity contribution in [1.82, 2.24) is 4.31 Å². The van der Waals surface area contributed by atoms with Crippen molar-refractivity contribution in [2.75, 3.05) is 18.1 Å². The molecule has 7 heteroatoms. The smallest absolute Gasteiger partial charge is 0.229 e. The first-order chi connectivity index (χ1) is 10.2. The number of hydrogen-bond donors (Lipinski definition) is 0. The molecule has 0 unspecified atom stereocenters. The van der Waals surface area contributed by atoms with E-state index in [0.29, 0.717) is 12.3 Å². The van der Waals surface area contributed by atoms with Crippen LogP contribution in [0.25, 0.3) is 0 Å². The molecule has 0 aromatic heterocycles. The molecule has 5 nitrogen and oxygen atoms in total. The Morgan fingerprint density at radius 3 is 2.23 bits per heavy atom. The average Bonchev–Trinajstić information content (AvgIpc) is 2.79. The zero-order chi connectivity index (χ0) is 16.5. The molecule has 1 atom stereocenters. The standard InChI is InChI=1S/C15H23NO4S2/c1-4-16(14-9-10-21(17,18)11-14)22(19,20)15-7-5-13(6-8-15)12(2)3/h5-8,12,14H,4,9-11H2,1-3H3/t14-/m1/s1. The van der Waals surface area contributed by atoms with Crippen molar-refractivity contribution in [3.8, 4) is 0 Å². The minimum Gasteiger partial charge on any atom is -0.229 e. The molecule has 1 fully saturated rings. The highest BCUT2D eigenvalue weighted by Gasteiger charge is 2.37. The van der Waals surface area contributed by atoms with Gasteiger partial charge in [-0.15, -0.1) is 0 Å². The minimum atomic E-state index is -3.66. The van der Waals surface area contributed by atoms with Gasteiger partial charge < -0.3 is 0 Å². The first-order valence-corrected chi connectivity index (χ1v) is 10.8. The van der Waals surface area contributed by atoms with Gasteiger partial charge in [-0.1, -0.05) is 32.9 Å². The van der Waals surface area contributed by atoms with Gasteiger partial charge in [0, 0.05) is 12.6 Å². The Bertz CT molecular complexity index is 721. The molecule has 0 bridgehead atoms. The zero-order valence-corrected chi connectivity index (χ0v) is 14.8. The van der Waals surface area contributed by atoms with Gasteiger partial charge in [0.15, 0.2) is 9.84 Å². The maximum absolute atomic E-state index is 12.8. The monoisotopic (exact) mass is 345 g/mol. The van der Waals surface area contributed by atoms with Crippen molar-refractivity contribution < 1.29 is 16.8 Å². The Labute approximate surface area is 133 Å². The molecular formula is C15H23NO4S2. The van der Waals surface area contributed by atoms with Gasteiger partial charge in [-0.25, -0.2) is 16.8 Å². The maximum atomic E-state index is 12.8. The van der Waals surface area contributed by atoms with Crippen molar-refractivity contribution in [3.63, 3.8) is 0 Å². The predicted octanol–water partition coefficient (Wildman–Crippen LogP) is 2.01. The number of sulfonamides is 1. The second-order valence-electron chi connectivity index (χ2n) is 5.99. The Morgan fingerprint density at radius 1 is 1.23 bits per heavy atom. The third kappa shape index (κ3) is 3.52. The van der Waals surface area contributed by atoms with Crippen LogP contribution in [0.15, 0.2) is 29.2 Å². The lowest BCUT2D eigenvalue weighted by Gasteiger charge is -2.26. The van der Waals surface area contributed by atoms with E-state index in [4.69, 9.17) is 0 Å². The maximum Gasteiger partial charge on any atom is 0.243 e. The fourth-order valence-electron chi connectivity index (χ4n) is 2.79. The molecule has 1 aliphatic rings.